The third-order valence-corrected chi connectivity index (χ3v) is 5.91. The predicted molar refractivity (Wildman–Crippen MR) is 111 cm³/mol. The molecule has 0 radical (unpaired) electrons. The van der Waals surface area contributed by atoms with E-state index in [-0.39, 0.29) is 5.91 Å². The van der Waals surface area contributed by atoms with Crippen molar-refractivity contribution in [2.75, 3.05) is 0 Å². The predicted octanol–water partition coefficient (Wildman–Crippen LogP) is 6.49. The lowest BCUT2D eigenvalue weighted by molar-refractivity contribution is 0.0921. The molecule has 26 heavy (non-hydrogen) atoms. The van der Waals surface area contributed by atoms with Gasteiger partial charge in [0.25, 0.3) is 5.91 Å². The molecule has 0 heterocycles. The smallest absolute Gasteiger partial charge is 0.251 e. The first kappa shape index (κ1) is 18.9. The molecule has 2 aromatic rings. The number of fused-ring (bicyclic) bond motifs is 1. The van der Waals surface area contributed by atoms with E-state index in [4.69, 9.17) is 0 Å². The Kier molecular flexibility index (Phi) is 7.11. The fraction of sp³-hybridized carbons (Fsp3) is 0.542. The Bertz CT molecular complexity index is 700. The van der Waals surface area contributed by atoms with Crippen molar-refractivity contribution in [3.05, 3.63) is 48.0 Å². The number of carbonyl (C=O) groups is 1. The maximum absolute atomic E-state index is 12.6. The van der Waals surface area contributed by atoms with Crippen LogP contribution < -0.4 is 5.32 Å². The van der Waals surface area contributed by atoms with Gasteiger partial charge >= 0.3 is 0 Å². The first-order chi connectivity index (χ1) is 12.8. The van der Waals surface area contributed by atoms with Crippen LogP contribution in [0.3, 0.4) is 0 Å². The summed E-state index contributed by atoms with van der Waals surface area (Å²) >= 11 is 0. The molecule has 1 saturated carbocycles. The number of nitrogens with one attached hydrogen (secondary N) is 1. The number of hydrogen-bond acceptors (Lipinski definition) is 1. The van der Waals surface area contributed by atoms with E-state index in [1.54, 1.807) is 0 Å². The summed E-state index contributed by atoms with van der Waals surface area (Å²) in [7, 11) is 0. The van der Waals surface area contributed by atoms with Gasteiger partial charge in [-0.15, -0.1) is 0 Å². The highest BCUT2D eigenvalue weighted by Gasteiger charge is 2.22. The maximum Gasteiger partial charge on any atom is 0.251 e. The summed E-state index contributed by atoms with van der Waals surface area (Å²) in [6.45, 7) is 2.27. The molecule has 0 unspecified atom stereocenters. The number of amides is 1. The topological polar surface area (TPSA) is 29.1 Å². The molecule has 2 nitrogen and oxygen atoms in total. The normalized spacial score (nSPS) is 20.2. The van der Waals surface area contributed by atoms with Crippen LogP contribution >= 0.6 is 0 Å². The summed E-state index contributed by atoms with van der Waals surface area (Å²) in [5.41, 5.74) is 0.779. The molecule has 1 aliphatic rings. The second-order valence-electron chi connectivity index (χ2n) is 7.96. The Hall–Kier alpha value is -1.83. The van der Waals surface area contributed by atoms with Gasteiger partial charge in [-0.25, -0.2) is 0 Å². The molecule has 0 atom stereocenters. The quantitative estimate of drug-likeness (QED) is 0.541. The lowest BCUT2D eigenvalue weighted by Crippen LogP contribution is -2.37. The maximum atomic E-state index is 12.6. The largest absolute Gasteiger partial charge is 0.349 e. The van der Waals surface area contributed by atoms with Crippen molar-refractivity contribution in [2.24, 2.45) is 5.92 Å². The van der Waals surface area contributed by atoms with Crippen molar-refractivity contribution < 1.29 is 4.79 Å². The summed E-state index contributed by atoms with van der Waals surface area (Å²) in [4.78, 5) is 12.6. The number of carbonyl (C=O) groups excluding carboxylic acids is 1. The van der Waals surface area contributed by atoms with E-state index in [0.717, 1.165) is 29.7 Å². The first-order valence-electron chi connectivity index (χ1n) is 10.6. The fourth-order valence-corrected chi connectivity index (χ4v) is 4.23. The highest BCUT2D eigenvalue weighted by Crippen LogP contribution is 2.29. The van der Waals surface area contributed by atoms with E-state index in [1.807, 2.05) is 30.3 Å². The van der Waals surface area contributed by atoms with Crippen LogP contribution in [0.1, 0.15) is 81.5 Å². The van der Waals surface area contributed by atoms with Gasteiger partial charge in [-0.3, -0.25) is 4.79 Å². The molecule has 0 spiro atoms. The van der Waals surface area contributed by atoms with Crippen LogP contribution in [-0.4, -0.2) is 11.9 Å². The minimum absolute atomic E-state index is 0.0822. The zero-order chi connectivity index (χ0) is 18.2. The average Bonchev–Trinajstić information content (AvgIpc) is 2.68. The molecule has 140 valence electrons. The summed E-state index contributed by atoms with van der Waals surface area (Å²) in [5, 5.41) is 5.58. The lowest BCUT2D eigenvalue weighted by Gasteiger charge is -2.29. The summed E-state index contributed by atoms with van der Waals surface area (Å²) in [6, 6.07) is 14.5. The summed E-state index contributed by atoms with van der Waals surface area (Å²) < 4.78 is 0. The molecular weight excluding hydrogens is 318 g/mol. The van der Waals surface area contributed by atoms with Crippen molar-refractivity contribution in [3.8, 4) is 0 Å². The van der Waals surface area contributed by atoms with Crippen molar-refractivity contribution in [1.82, 2.24) is 5.32 Å². The Morgan fingerprint density at radius 3 is 2.42 bits per heavy atom. The molecule has 1 aliphatic carbocycles. The molecule has 0 saturated heterocycles. The van der Waals surface area contributed by atoms with Gasteiger partial charge in [-0.2, -0.15) is 0 Å². The molecule has 1 amide bonds. The van der Waals surface area contributed by atoms with Gasteiger partial charge in [-0.1, -0.05) is 75.8 Å². The van der Waals surface area contributed by atoms with Crippen LogP contribution in [-0.2, 0) is 0 Å². The Balaban J connectivity index is 1.42. The molecule has 0 aliphatic heterocycles. The third-order valence-electron chi connectivity index (χ3n) is 5.91. The van der Waals surface area contributed by atoms with Crippen molar-refractivity contribution >= 4 is 16.7 Å². The van der Waals surface area contributed by atoms with Crippen molar-refractivity contribution in [3.63, 3.8) is 0 Å². The Morgan fingerprint density at radius 1 is 0.923 bits per heavy atom. The van der Waals surface area contributed by atoms with Gasteiger partial charge < -0.3 is 5.32 Å². The van der Waals surface area contributed by atoms with Gasteiger partial charge in [0.15, 0.2) is 0 Å². The van der Waals surface area contributed by atoms with E-state index in [0.29, 0.717) is 6.04 Å². The van der Waals surface area contributed by atoms with Crippen LogP contribution in [0.15, 0.2) is 42.5 Å². The number of benzene rings is 2. The highest BCUT2D eigenvalue weighted by atomic mass is 16.1. The molecule has 1 N–H and O–H groups in total. The van der Waals surface area contributed by atoms with Gasteiger partial charge in [0, 0.05) is 11.6 Å². The SMILES string of the molecule is CCCCCCCC1CCC(NC(=O)c2ccc3ccccc3c2)CC1. The van der Waals surface area contributed by atoms with Crippen LogP contribution in [0.25, 0.3) is 10.8 Å². The van der Waals surface area contributed by atoms with Gasteiger partial charge in [0.2, 0.25) is 0 Å². The van der Waals surface area contributed by atoms with Crippen LogP contribution in [0.2, 0.25) is 0 Å². The molecule has 1 fully saturated rings. The van der Waals surface area contributed by atoms with Gasteiger partial charge in [0.1, 0.15) is 0 Å². The van der Waals surface area contributed by atoms with Gasteiger partial charge in [0.05, 0.1) is 0 Å². The zero-order valence-corrected chi connectivity index (χ0v) is 16.2. The minimum atomic E-state index is 0.0822. The number of hydrogen-bond donors (Lipinski definition) is 1. The monoisotopic (exact) mass is 351 g/mol. The fourth-order valence-electron chi connectivity index (χ4n) is 4.23. The molecule has 0 bridgehead atoms. The molecular formula is C24H33NO. The van der Waals surface area contributed by atoms with E-state index >= 15 is 0 Å². The van der Waals surface area contributed by atoms with E-state index < -0.39 is 0 Å². The molecule has 2 aromatic carbocycles. The average molecular weight is 352 g/mol. The van der Waals surface area contributed by atoms with Crippen LogP contribution in [0.5, 0.6) is 0 Å². The highest BCUT2D eigenvalue weighted by molar-refractivity contribution is 5.98. The third kappa shape index (κ3) is 5.33. The minimum Gasteiger partial charge on any atom is -0.349 e. The van der Waals surface area contributed by atoms with E-state index in [2.05, 4.69) is 24.4 Å². The first-order valence-corrected chi connectivity index (χ1v) is 10.6. The zero-order valence-electron chi connectivity index (χ0n) is 16.2. The Labute approximate surface area is 158 Å². The van der Waals surface area contributed by atoms with E-state index in [1.165, 1.54) is 56.8 Å². The molecule has 0 aromatic heterocycles. The van der Waals surface area contributed by atoms with E-state index in [9.17, 15) is 4.79 Å². The van der Waals surface area contributed by atoms with Crippen molar-refractivity contribution in [2.45, 2.75) is 77.2 Å². The lowest BCUT2D eigenvalue weighted by atomic mass is 9.83. The summed E-state index contributed by atoms with van der Waals surface area (Å²) in [6.07, 6.45) is 13.1. The summed E-state index contributed by atoms with van der Waals surface area (Å²) in [5.74, 6) is 0.962. The van der Waals surface area contributed by atoms with Crippen molar-refractivity contribution in [1.29, 1.82) is 0 Å². The number of unbranched alkanes of at least 4 members (excludes halogenated alkanes) is 4. The van der Waals surface area contributed by atoms with Crippen LogP contribution in [0, 0.1) is 5.92 Å². The van der Waals surface area contributed by atoms with Gasteiger partial charge in [-0.05, 0) is 54.5 Å². The Morgan fingerprint density at radius 2 is 1.65 bits per heavy atom. The second-order valence-corrected chi connectivity index (χ2v) is 7.96. The second kappa shape index (κ2) is 9.75. The molecule has 3 rings (SSSR count). The standard InChI is InChI=1S/C24H33NO/c1-2-3-4-5-6-9-19-12-16-23(17-13-19)25-24(26)22-15-14-20-10-7-8-11-21(20)18-22/h7-8,10-11,14-15,18-19,23H,2-6,9,12-13,16-17H2,1H3,(H,25,26). The molecule has 2 heteroatoms. The number of rotatable bonds is 8. The van der Waals surface area contributed by atoms with Crippen LogP contribution in [0.4, 0.5) is 0 Å².